The summed E-state index contributed by atoms with van der Waals surface area (Å²) in [5.74, 6) is -0.840. The number of thiophene rings is 1. The molecule has 0 bridgehead atoms. The molecule has 2 aromatic heterocycles. The first-order valence-electron chi connectivity index (χ1n) is 10.4. The van der Waals surface area contributed by atoms with Crippen molar-refractivity contribution < 1.29 is 23.2 Å². The van der Waals surface area contributed by atoms with Crippen LogP contribution in [0, 0.1) is 5.82 Å². The fourth-order valence-corrected chi connectivity index (χ4v) is 4.24. The zero-order valence-electron chi connectivity index (χ0n) is 18.1. The van der Waals surface area contributed by atoms with Crippen molar-refractivity contribution >= 4 is 29.2 Å². The van der Waals surface area contributed by atoms with E-state index in [-0.39, 0.29) is 12.4 Å². The van der Waals surface area contributed by atoms with E-state index in [4.69, 9.17) is 4.42 Å². The highest BCUT2D eigenvalue weighted by Gasteiger charge is 2.49. The third-order valence-corrected chi connectivity index (χ3v) is 6.22. The molecule has 1 aliphatic heterocycles. The summed E-state index contributed by atoms with van der Waals surface area (Å²) in [5, 5.41) is 12.5. The van der Waals surface area contributed by atoms with Gasteiger partial charge in [-0.1, -0.05) is 25.1 Å². The van der Waals surface area contributed by atoms with Gasteiger partial charge in [0.15, 0.2) is 0 Å². The molecule has 9 nitrogen and oxygen atoms in total. The average molecular weight is 472 g/mol. The van der Waals surface area contributed by atoms with E-state index in [1.165, 1.54) is 47.4 Å². The quantitative estimate of drug-likeness (QED) is 0.506. The van der Waals surface area contributed by atoms with E-state index in [1.807, 2.05) is 24.4 Å². The zero-order valence-corrected chi connectivity index (χ0v) is 18.9. The summed E-state index contributed by atoms with van der Waals surface area (Å²) in [6.45, 7) is 3.44. The maximum absolute atomic E-state index is 13.3. The Balaban J connectivity index is 1.47. The molecular weight excluding hydrogens is 449 g/mol. The Morgan fingerprint density at radius 2 is 2.00 bits per heavy atom. The van der Waals surface area contributed by atoms with Gasteiger partial charge >= 0.3 is 6.03 Å². The molecule has 0 saturated carbocycles. The molecule has 0 radical (unpaired) electrons. The van der Waals surface area contributed by atoms with Crippen LogP contribution in [-0.2, 0) is 21.7 Å². The second-order valence-electron chi connectivity index (χ2n) is 7.75. The highest BCUT2D eigenvalue weighted by molar-refractivity contribution is 7.13. The first-order chi connectivity index (χ1) is 15.8. The molecule has 0 spiro atoms. The monoisotopic (exact) mass is 471 g/mol. The Labute approximate surface area is 193 Å². The van der Waals surface area contributed by atoms with Crippen molar-refractivity contribution in [3.63, 3.8) is 0 Å². The molecule has 1 atom stereocenters. The molecule has 1 fully saturated rings. The van der Waals surface area contributed by atoms with Crippen LogP contribution >= 0.6 is 11.3 Å². The lowest BCUT2D eigenvalue weighted by Crippen LogP contribution is -2.44. The number of halogens is 1. The second kappa shape index (κ2) is 9.10. The van der Waals surface area contributed by atoms with Crippen LogP contribution in [0.1, 0.15) is 31.7 Å². The molecule has 33 heavy (non-hydrogen) atoms. The minimum absolute atomic E-state index is 0.0595. The number of hydrogen-bond acceptors (Lipinski definition) is 7. The summed E-state index contributed by atoms with van der Waals surface area (Å²) in [6, 6.07) is 8.33. The van der Waals surface area contributed by atoms with Crippen molar-refractivity contribution in [2.75, 3.05) is 13.1 Å². The molecule has 4 amide bonds. The first-order valence-corrected chi connectivity index (χ1v) is 11.2. The van der Waals surface area contributed by atoms with Gasteiger partial charge in [-0.15, -0.1) is 21.5 Å². The van der Waals surface area contributed by atoms with Crippen molar-refractivity contribution in [3.05, 3.63) is 59.0 Å². The minimum atomic E-state index is -1.39. The maximum atomic E-state index is 13.3. The number of benzene rings is 1. The van der Waals surface area contributed by atoms with Gasteiger partial charge in [0.1, 0.15) is 17.9 Å². The summed E-state index contributed by atoms with van der Waals surface area (Å²) < 4.78 is 19.0. The van der Waals surface area contributed by atoms with Crippen LogP contribution in [-0.4, -0.2) is 50.9 Å². The number of carbonyl (C=O) groups excluding carboxylic acids is 3. The van der Waals surface area contributed by atoms with Gasteiger partial charge in [-0.2, -0.15) is 0 Å². The van der Waals surface area contributed by atoms with E-state index < -0.39 is 35.7 Å². The van der Waals surface area contributed by atoms with Crippen molar-refractivity contribution in [1.82, 2.24) is 25.3 Å². The predicted octanol–water partition coefficient (Wildman–Crippen LogP) is 3.14. The van der Waals surface area contributed by atoms with Gasteiger partial charge in [0.2, 0.25) is 11.8 Å². The first kappa shape index (κ1) is 22.6. The average Bonchev–Trinajstić information content (AvgIpc) is 3.52. The number of nitrogens with one attached hydrogen (secondary N) is 1. The summed E-state index contributed by atoms with van der Waals surface area (Å²) >= 11 is 1.46. The normalized spacial score (nSPS) is 18.0. The van der Waals surface area contributed by atoms with Gasteiger partial charge in [0.05, 0.1) is 11.4 Å². The maximum Gasteiger partial charge on any atom is 0.325 e. The number of rotatable bonds is 8. The molecule has 1 aromatic carbocycles. The van der Waals surface area contributed by atoms with Gasteiger partial charge < -0.3 is 14.6 Å². The van der Waals surface area contributed by atoms with Crippen LogP contribution in [0.15, 0.2) is 46.2 Å². The fourth-order valence-electron chi connectivity index (χ4n) is 3.60. The number of amides is 4. The lowest BCUT2D eigenvalue weighted by Gasteiger charge is -2.24. The highest BCUT2D eigenvalue weighted by atomic mass is 32.1. The summed E-state index contributed by atoms with van der Waals surface area (Å²) in [4.78, 5) is 41.8. The molecule has 4 rings (SSSR count). The van der Waals surface area contributed by atoms with E-state index in [0.29, 0.717) is 24.4 Å². The van der Waals surface area contributed by atoms with Crippen molar-refractivity contribution in [2.24, 2.45) is 0 Å². The number of nitrogens with zero attached hydrogens (tertiary/aromatic N) is 4. The van der Waals surface area contributed by atoms with Crippen molar-refractivity contribution in [3.8, 4) is 10.8 Å². The summed E-state index contributed by atoms with van der Waals surface area (Å²) in [7, 11) is 0. The standard InChI is InChI=1S/C22H22FN5O4S/c1-3-10-27(12-17-25-26-19(32-17)16-5-4-11-33-16)18(29)13-28-20(30)22(2,24-21(28)31)14-6-8-15(23)9-7-14/h4-9,11H,3,10,12-13H2,1-2H3,(H,24,31). The van der Waals surface area contributed by atoms with E-state index in [2.05, 4.69) is 15.5 Å². The molecule has 172 valence electrons. The number of imide groups is 1. The van der Waals surface area contributed by atoms with Gasteiger partial charge in [0.25, 0.3) is 11.8 Å². The van der Waals surface area contributed by atoms with E-state index in [1.54, 1.807) is 0 Å². The molecule has 1 N–H and O–H groups in total. The van der Waals surface area contributed by atoms with E-state index >= 15 is 0 Å². The van der Waals surface area contributed by atoms with E-state index in [9.17, 15) is 18.8 Å². The van der Waals surface area contributed by atoms with Crippen LogP contribution in [0.5, 0.6) is 0 Å². The van der Waals surface area contributed by atoms with E-state index in [0.717, 1.165) is 9.78 Å². The van der Waals surface area contributed by atoms with Crippen LogP contribution in [0.2, 0.25) is 0 Å². The number of aromatic nitrogens is 2. The summed E-state index contributed by atoms with van der Waals surface area (Å²) in [5.41, 5.74) is -0.961. The van der Waals surface area contributed by atoms with Gasteiger partial charge in [-0.25, -0.2) is 9.18 Å². The van der Waals surface area contributed by atoms with Crippen LogP contribution in [0.4, 0.5) is 9.18 Å². The van der Waals surface area contributed by atoms with Gasteiger partial charge in [0, 0.05) is 6.54 Å². The third kappa shape index (κ3) is 4.49. The van der Waals surface area contributed by atoms with Crippen LogP contribution in [0.3, 0.4) is 0 Å². The Morgan fingerprint density at radius 3 is 2.67 bits per heavy atom. The fraction of sp³-hybridized carbons (Fsp3) is 0.318. The highest BCUT2D eigenvalue weighted by Crippen LogP contribution is 2.29. The Morgan fingerprint density at radius 1 is 1.24 bits per heavy atom. The smallest absolute Gasteiger partial charge is 0.325 e. The molecule has 1 saturated heterocycles. The Bertz CT molecular complexity index is 1160. The van der Waals surface area contributed by atoms with Crippen LogP contribution < -0.4 is 5.32 Å². The Hall–Kier alpha value is -3.60. The van der Waals surface area contributed by atoms with Gasteiger partial charge in [-0.3, -0.25) is 14.5 Å². The number of hydrogen-bond donors (Lipinski definition) is 1. The second-order valence-corrected chi connectivity index (χ2v) is 8.69. The van der Waals surface area contributed by atoms with Crippen molar-refractivity contribution in [2.45, 2.75) is 32.4 Å². The van der Waals surface area contributed by atoms with Crippen LogP contribution in [0.25, 0.3) is 10.8 Å². The largest absolute Gasteiger partial charge is 0.418 e. The lowest BCUT2D eigenvalue weighted by molar-refractivity contribution is -0.139. The molecular formula is C22H22FN5O4S. The zero-order chi connectivity index (χ0) is 23.6. The SMILES string of the molecule is CCCN(Cc1nnc(-c2cccs2)o1)C(=O)CN1C(=O)NC(C)(c2ccc(F)cc2)C1=O. The molecule has 0 aliphatic carbocycles. The molecule has 3 aromatic rings. The minimum Gasteiger partial charge on any atom is -0.418 e. The molecule has 3 heterocycles. The number of urea groups is 1. The Kier molecular flexibility index (Phi) is 6.23. The molecule has 1 aliphatic rings. The molecule has 1 unspecified atom stereocenters. The number of carbonyl (C=O) groups is 3. The topological polar surface area (TPSA) is 109 Å². The summed E-state index contributed by atoms with van der Waals surface area (Å²) in [6.07, 6.45) is 0.658. The van der Waals surface area contributed by atoms with Gasteiger partial charge in [-0.05, 0) is 42.5 Å². The third-order valence-electron chi connectivity index (χ3n) is 5.36. The predicted molar refractivity (Wildman–Crippen MR) is 117 cm³/mol. The lowest BCUT2D eigenvalue weighted by atomic mass is 9.92. The molecule has 11 heteroatoms. The van der Waals surface area contributed by atoms with Crippen molar-refractivity contribution in [1.29, 1.82) is 0 Å².